The van der Waals surface area contributed by atoms with Crippen molar-refractivity contribution in [3.63, 3.8) is 0 Å². The lowest BCUT2D eigenvalue weighted by Gasteiger charge is -2.13. The maximum Gasteiger partial charge on any atom is 0.352 e. The molecule has 0 aliphatic carbocycles. The van der Waals surface area contributed by atoms with Gasteiger partial charge in [0.05, 0.1) is 12.7 Å². The molecule has 1 aromatic heterocycles. The highest BCUT2D eigenvalue weighted by molar-refractivity contribution is 5.86. The average Bonchev–Trinajstić information content (AvgIpc) is 2.82. The number of aromatic carboxylic acids is 1. The van der Waals surface area contributed by atoms with Gasteiger partial charge in [0.2, 0.25) is 5.91 Å². The lowest BCUT2D eigenvalue weighted by molar-refractivity contribution is -0.122. The second-order valence-corrected chi connectivity index (χ2v) is 4.06. The third-order valence-corrected chi connectivity index (χ3v) is 2.45. The van der Waals surface area contributed by atoms with Gasteiger partial charge in [0.1, 0.15) is 12.2 Å². The fraction of sp³-hybridized carbons (Fsp3) is 0.385. The van der Waals surface area contributed by atoms with Crippen molar-refractivity contribution >= 4 is 11.9 Å². The normalized spacial score (nSPS) is 11.8. The molecular weight excluding hydrogens is 248 g/mol. The Morgan fingerprint density at radius 2 is 2.37 bits per heavy atom. The van der Waals surface area contributed by atoms with E-state index < -0.39 is 5.97 Å². The maximum absolute atomic E-state index is 11.7. The number of rotatable bonds is 8. The molecule has 0 fully saturated rings. The van der Waals surface area contributed by atoms with Crippen LogP contribution >= 0.6 is 0 Å². The topological polar surface area (TPSA) is 80.6 Å². The van der Waals surface area contributed by atoms with Gasteiger partial charge in [-0.05, 0) is 19.1 Å². The van der Waals surface area contributed by atoms with Crippen LogP contribution in [0.15, 0.2) is 31.0 Å². The molecule has 0 bridgehead atoms. The van der Waals surface area contributed by atoms with Crippen LogP contribution in [0.25, 0.3) is 0 Å². The summed E-state index contributed by atoms with van der Waals surface area (Å²) in [6, 6.07) is 3.04. The molecule has 1 heterocycles. The van der Waals surface area contributed by atoms with E-state index in [-0.39, 0.29) is 24.2 Å². The summed E-state index contributed by atoms with van der Waals surface area (Å²) in [4.78, 5) is 22.5. The summed E-state index contributed by atoms with van der Waals surface area (Å²) in [6.45, 7) is 6.14. The number of carbonyl (C=O) groups excluding carboxylic acids is 1. The van der Waals surface area contributed by atoms with Gasteiger partial charge >= 0.3 is 5.97 Å². The summed E-state index contributed by atoms with van der Waals surface area (Å²) in [5, 5.41) is 11.6. The minimum absolute atomic E-state index is 0.0250. The van der Waals surface area contributed by atoms with Gasteiger partial charge in [-0.2, -0.15) is 0 Å². The smallest absolute Gasteiger partial charge is 0.352 e. The Labute approximate surface area is 111 Å². The van der Waals surface area contributed by atoms with Gasteiger partial charge in [-0.1, -0.05) is 6.08 Å². The number of carbonyl (C=O) groups is 2. The van der Waals surface area contributed by atoms with Gasteiger partial charge in [-0.3, -0.25) is 4.79 Å². The van der Waals surface area contributed by atoms with Crippen LogP contribution in [0.3, 0.4) is 0 Å². The minimum Gasteiger partial charge on any atom is -0.477 e. The zero-order valence-electron chi connectivity index (χ0n) is 10.8. The highest BCUT2D eigenvalue weighted by Gasteiger charge is 2.12. The highest BCUT2D eigenvalue weighted by atomic mass is 16.5. The first-order valence-electron chi connectivity index (χ1n) is 5.92. The molecule has 0 aliphatic rings. The number of aromatic nitrogens is 1. The molecule has 1 atom stereocenters. The Morgan fingerprint density at radius 1 is 1.63 bits per heavy atom. The van der Waals surface area contributed by atoms with Crippen LogP contribution in [0.1, 0.15) is 17.4 Å². The third-order valence-electron chi connectivity index (χ3n) is 2.45. The van der Waals surface area contributed by atoms with E-state index in [0.29, 0.717) is 13.2 Å². The number of carboxylic acid groups (broad SMARTS) is 1. The molecule has 0 saturated heterocycles. The zero-order valence-corrected chi connectivity index (χ0v) is 10.8. The van der Waals surface area contributed by atoms with E-state index in [0.717, 1.165) is 0 Å². The average molecular weight is 266 g/mol. The molecule has 19 heavy (non-hydrogen) atoms. The summed E-state index contributed by atoms with van der Waals surface area (Å²) >= 11 is 0. The predicted octanol–water partition coefficient (Wildman–Crippen LogP) is 0.894. The van der Waals surface area contributed by atoms with Crippen molar-refractivity contribution in [2.45, 2.75) is 19.6 Å². The number of amides is 1. The minimum atomic E-state index is -1.06. The molecule has 0 spiro atoms. The molecule has 0 aliphatic heterocycles. The molecule has 1 rings (SSSR count). The van der Waals surface area contributed by atoms with Crippen LogP contribution < -0.4 is 5.32 Å². The molecule has 6 heteroatoms. The van der Waals surface area contributed by atoms with Crippen molar-refractivity contribution in [2.24, 2.45) is 0 Å². The molecule has 104 valence electrons. The van der Waals surface area contributed by atoms with Crippen LogP contribution in [0.5, 0.6) is 0 Å². The van der Waals surface area contributed by atoms with Gasteiger partial charge in [0.15, 0.2) is 0 Å². The number of ether oxygens (including phenoxy) is 1. The van der Waals surface area contributed by atoms with E-state index in [1.165, 1.54) is 10.6 Å². The van der Waals surface area contributed by atoms with Gasteiger partial charge in [-0.25, -0.2) is 4.79 Å². The quantitative estimate of drug-likeness (QED) is 0.685. The summed E-state index contributed by atoms with van der Waals surface area (Å²) in [5.41, 5.74) is 0.0890. The summed E-state index contributed by atoms with van der Waals surface area (Å²) in [6.07, 6.45) is 3.07. The second-order valence-electron chi connectivity index (χ2n) is 4.06. The van der Waals surface area contributed by atoms with Crippen molar-refractivity contribution in [3.8, 4) is 0 Å². The zero-order chi connectivity index (χ0) is 14.3. The van der Waals surface area contributed by atoms with Crippen molar-refractivity contribution in [1.29, 1.82) is 0 Å². The first-order chi connectivity index (χ1) is 9.04. The van der Waals surface area contributed by atoms with Crippen LogP contribution in [0, 0.1) is 0 Å². The van der Waals surface area contributed by atoms with Gasteiger partial charge in [-0.15, -0.1) is 6.58 Å². The van der Waals surface area contributed by atoms with Crippen molar-refractivity contribution in [1.82, 2.24) is 9.88 Å². The molecule has 6 nitrogen and oxygen atoms in total. The molecule has 0 saturated carbocycles. The van der Waals surface area contributed by atoms with E-state index in [9.17, 15) is 9.59 Å². The molecule has 0 radical (unpaired) electrons. The fourth-order valence-corrected chi connectivity index (χ4v) is 1.51. The number of hydrogen-bond donors (Lipinski definition) is 2. The van der Waals surface area contributed by atoms with E-state index >= 15 is 0 Å². The molecule has 1 aromatic rings. The van der Waals surface area contributed by atoms with E-state index in [2.05, 4.69) is 11.9 Å². The lowest BCUT2D eigenvalue weighted by atomic mass is 10.4. The monoisotopic (exact) mass is 266 g/mol. The standard InChI is InChI=1S/C13H18N2O4/c1-3-7-19-10(2)8-14-12(16)9-15-6-4-5-11(15)13(17)18/h3-6,10H,1,7-9H2,2H3,(H,14,16)(H,17,18). The fourth-order valence-electron chi connectivity index (χ4n) is 1.51. The Hall–Kier alpha value is -2.08. The maximum atomic E-state index is 11.7. The molecule has 2 N–H and O–H groups in total. The second kappa shape index (κ2) is 7.38. The summed E-state index contributed by atoms with van der Waals surface area (Å²) in [5.74, 6) is -1.31. The first-order valence-corrected chi connectivity index (χ1v) is 5.92. The predicted molar refractivity (Wildman–Crippen MR) is 70.0 cm³/mol. The Balaban J connectivity index is 2.41. The van der Waals surface area contributed by atoms with Crippen LogP contribution in [0.4, 0.5) is 0 Å². The largest absolute Gasteiger partial charge is 0.477 e. The SMILES string of the molecule is C=CCOC(C)CNC(=O)Cn1cccc1C(=O)O. The van der Waals surface area contributed by atoms with Gasteiger partial charge in [0, 0.05) is 12.7 Å². The Bertz CT molecular complexity index is 453. The number of hydrogen-bond acceptors (Lipinski definition) is 3. The molecule has 0 aromatic carbocycles. The van der Waals surface area contributed by atoms with Crippen molar-refractivity contribution in [3.05, 3.63) is 36.7 Å². The molecular formula is C13H18N2O4. The Kier molecular flexibility index (Phi) is 5.81. The van der Waals surface area contributed by atoms with Gasteiger partial charge in [0.25, 0.3) is 0 Å². The van der Waals surface area contributed by atoms with Crippen LogP contribution in [0.2, 0.25) is 0 Å². The van der Waals surface area contributed by atoms with E-state index in [4.69, 9.17) is 9.84 Å². The van der Waals surface area contributed by atoms with Gasteiger partial charge < -0.3 is 19.7 Å². The lowest BCUT2D eigenvalue weighted by Crippen LogP contribution is -2.34. The van der Waals surface area contributed by atoms with Crippen LogP contribution in [-0.4, -0.2) is 40.8 Å². The van der Waals surface area contributed by atoms with Crippen LogP contribution in [-0.2, 0) is 16.1 Å². The number of nitrogens with zero attached hydrogens (tertiary/aromatic N) is 1. The summed E-state index contributed by atoms with van der Waals surface area (Å²) in [7, 11) is 0. The van der Waals surface area contributed by atoms with E-state index in [1.54, 1.807) is 18.3 Å². The molecule has 1 unspecified atom stereocenters. The van der Waals surface area contributed by atoms with Crippen molar-refractivity contribution < 1.29 is 19.4 Å². The number of nitrogens with one attached hydrogen (secondary N) is 1. The number of carboxylic acids is 1. The van der Waals surface area contributed by atoms with E-state index in [1.807, 2.05) is 6.92 Å². The summed E-state index contributed by atoms with van der Waals surface area (Å²) < 4.78 is 6.69. The highest BCUT2D eigenvalue weighted by Crippen LogP contribution is 2.01. The third kappa shape index (κ3) is 4.97. The molecule has 1 amide bonds. The Morgan fingerprint density at radius 3 is 3.00 bits per heavy atom. The van der Waals surface area contributed by atoms with Crippen molar-refractivity contribution in [2.75, 3.05) is 13.2 Å². The first kappa shape index (κ1) is 15.0.